The van der Waals surface area contributed by atoms with Gasteiger partial charge in [0, 0.05) is 43.1 Å². The number of rotatable bonds is 7. The van der Waals surface area contributed by atoms with Gasteiger partial charge in [-0.15, -0.1) is 11.3 Å². The normalized spacial score (nSPS) is 10.5. The zero-order chi connectivity index (χ0) is 42.7. The van der Waals surface area contributed by atoms with Crippen LogP contribution in [0.4, 0.5) is 0 Å². The number of benzene rings is 9. The molecular weight excluding hydrogens is 771 g/mol. The molecule has 10 aromatic rings. The van der Waals surface area contributed by atoms with Gasteiger partial charge in [0.25, 0.3) is 0 Å². The van der Waals surface area contributed by atoms with Gasteiger partial charge in [0.2, 0.25) is 0 Å². The molecule has 0 spiro atoms. The van der Waals surface area contributed by atoms with Crippen molar-refractivity contribution in [1.29, 1.82) is 10.8 Å². The molecule has 10 rings (SSSR count). The molecule has 298 valence electrons. The molecule has 2 N–H and O–H groups in total. The fourth-order valence-electron chi connectivity index (χ4n) is 7.59. The van der Waals surface area contributed by atoms with Gasteiger partial charge in [-0.1, -0.05) is 200 Å². The molecule has 4 heteroatoms. The second kappa shape index (κ2) is 19.5. The summed E-state index contributed by atoms with van der Waals surface area (Å²) in [5, 5.41) is 18.5. The van der Waals surface area contributed by atoms with Crippen molar-refractivity contribution in [2.75, 3.05) is 0 Å². The van der Waals surface area contributed by atoms with E-state index in [0.717, 1.165) is 33.4 Å². The maximum atomic E-state index is 8.13. The lowest BCUT2D eigenvalue weighted by Crippen LogP contribution is -1.96. The van der Waals surface area contributed by atoms with Crippen LogP contribution in [0.15, 0.2) is 229 Å². The quantitative estimate of drug-likeness (QED) is 0.119. The molecule has 0 amide bonds. The zero-order valence-corrected chi connectivity index (χ0v) is 35.3. The van der Waals surface area contributed by atoms with Crippen LogP contribution in [0.25, 0.3) is 75.8 Å². The molecular formula is C58H45N3S. The molecule has 0 saturated carbocycles. The van der Waals surface area contributed by atoms with Gasteiger partial charge in [-0.05, 0) is 94.0 Å². The van der Waals surface area contributed by atoms with Crippen molar-refractivity contribution >= 4 is 50.3 Å². The van der Waals surface area contributed by atoms with E-state index in [1.165, 1.54) is 65.3 Å². The Morgan fingerprint density at radius 1 is 0.452 bits per heavy atom. The maximum Gasteiger partial charge on any atom is 0.151 e. The predicted octanol–water partition coefficient (Wildman–Crippen LogP) is 16.1. The van der Waals surface area contributed by atoms with Crippen LogP contribution in [-0.4, -0.2) is 18.8 Å². The number of hydrogen-bond donors (Lipinski definition) is 2. The molecule has 0 aliphatic rings. The van der Waals surface area contributed by atoms with Crippen LogP contribution >= 0.6 is 11.3 Å². The fourth-order valence-corrected chi connectivity index (χ4v) is 8.98. The maximum absolute atomic E-state index is 8.13. The van der Waals surface area contributed by atoms with Gasteiger partial charge in [0.1, 0.15) is 0 Å². The van der Waals surface area contributed by atoms with Crippen molar-refractivity contribution in [1.82, 2.24) is 0 Å². The van der Waals surface area contributed by atoms with E-state index in [1.54, 1.807) is 0 Å². The molecule has 0 radical (unpaired) electrons. The van der Waals surface area contributed by atoms with Crippen LogP contribution in [0.1, 0.15) is 16.7 Å². The van der Waals surface area contributed by atoms with Crippen LogP contribution in [-0.2, 0) is 0 Å². The number of aryl methyl sites for hydroxylation is 1. The average molecular weight is 816 g/mol. The van der Waals surface area contributed by atoms with E-state index in [9.17, 15) is 0 Å². The first kappa shape index (κ1) is 41.0. The summed E-state index contributed by atoms with van der Waals surface area (Å²) in [7, 11) is 0. The monoisotopic (exact) mass is 815 g/mol. The number of fused-ring (bicyclic) bond motifs is 3. The number of thiophene rings is 1. The summed E-state index contributed by atoms with van der Waals surface area (Å²) in [6.07, 6.45) is 1.49. The van der Waals surface area contributed by atoms with Gasteiger partial charge < -0.3 is 5.41 Å². The summed E-state index contributed by atoms with van der Waals surface area (Å²) in [6.45, 7) is 5.55. The topological polar surface area (TPSA) is 60.1 Å². The van der Waals surface area contributed by atoms with E-state index in [4.69, 9.17) is 10.8 Å². The van der Waals surface area contributed by atoms with Crippen LogP contribution in [0.3, 0.4) is 0 Å². The van der Waals surface area contributed by atoms with E-state index in [-0.39, 0.29) is 5.84 Å². The first-order valence-corrected chi connectivity index (χ1v) is 21.4. The number of amidine groups is 1. The van der Waals surface area contributed by atoms with Gasteiger partial charge in [-0.2, -0.15) is 0 Å². The Kier molecular flexibility index (Phi) is 12.9. The third-order valence-corrected chi connectivity index (χ3v) is 12.0. The summed E-state index contributed by atoms with van der Waals surface area (Å²) in [5.74, 6) is 0.190. The second-order valence-electron chi connectivity index (χ2n) is 14.8. The first-order valence-electron chi connectivity index (χ1n) is 20.5. The van der Waals surface area contributed by atoms with E-state index >= 15 is 0 Å². The molecule has 0 saturated heterocycles. The Balaban J connectivity index is 0.000000156. The minimum absolute atomic E-state index is 0.190. The lowest BCUT2D eigenvalue weighted by molar-refractivity contribution is 1.43. The van der Waals surface area contributed by atoms with E-state index in [1.807, 2.05) is 78.1 Å². The van der Waals surface area contributed by atoms with Crippen molar-refractivity contribution in [3.8, 4) is 55.6 Å². The molecule has 3 nitrogen and oxygen atoms in total. The van der Waals surface area contributed by atoms with E-state index in [0.29, 0.717) is 0 Å². The van der Waals surface area contributed by atoms with Gasteiger partial charge in [0.15, 0.2) is 5.84 Å². The minimum Gasteiger partial charge on any atom is -0.308 e. The molecule has 0 aliphatic heterocycles. The van der Waals surface area contributed by atoms with Gasteiger partial charge in [-0.25, -0.2) is 4.99 Å². The third-order valence-electron chi connectivity index (χ3n) is 10.7. The van der Waals surface area contributed by atoms with Gasteiger partial charge in [-0.3, -0.25) is 5.41 Å². The van der Waals surface area contributed by atoms with Crippen LogP contribution in [0.2, 0.25) is 0 Å². The molecule has 0 unspecified atom stereocenters. The summed E-state index contributed by atoms with van der Waals surface area (Å²) < 4.78 is 2.50. The summed E-state index contributed by atoms with van der Waals surface area (Å²) in [5.41, 5.74) is 14.7. The van der Waals surface area contributed by atoms with Gasteiger partial charge >= 0.3 is 0 Å². The second-order valence-corrected chi connectivity index (χ2v) is 15.9. The molecule has 9 aromatic carbocycles. The Morgan fingerprint density at radius 3 is 1.29 bits per heavy atom. The predicted molar refractivity (Wildman–Crippen MR) is 268 cm³/mol. The molecule has 0 bridgehead atoms. The van der Waals surface area contributed by atoms with Crippen molar-refractivity contribution < 1.29 is 0 Å². The average Bonchev–Trinajstić information content (AvgIpc) is 3.75. The highest BCUT2D eigenvalue weighted by Crippen LogP contribution is 2.46. The Labute approximate surface area is 368 Å². The largest absolute Gasteiger partial charge is 0.308 e. The number of nitrogens with zero attached hydrogens (tertiary/aromatic N) is 1. The highest BCUT2D eigenvalue weighted by molar-refractivity contribution is 7.27. The van der Waals surface area contributed by atoms with Crippen molar-refractivity contribution in [3.63, 3.8) is 0 Å². The Bertz CT molecular complexity index is 3030. The highest BCUT2D eigenvalue weighted by Gasteiger charge is 2.18. The summed E-state index contributed by atoms with van der Waals surface area (Å²) in [6, 6.07) is 77.3. The summed E-state index contributed by atoms with van der Waals surface area (Å²) in [4.78, 5) is 3.76. The van der Waals surface area contributed by atoms with Crippen molar-refractivity contribution in [2.24, 2.45) is 4.99 Å². The molecule has 0 aliphatic carbocycles. The standard InChI is InChI=1S/C31H21NS.C20H16N2.C7H8/c32-20-24-16-17-26(22-12-6-2-7-13-22)31-29(24)28-19-25(21-10-4-1-5-11-21)18-27(30(28)33-31)23-14-8-3-9-15-23;1-22-20(21)19-13-17(15-8-4-2-5-9-15)12-18(14-19)16-10-6-3-7-11-16;1-7-5-3-2-4-6-7/h1-20,32H;2-14,21H,1H2;2-6H,1H3. The van der Waals surface area contributed by atoms with Crippen molar-refractivity contribution in [3.05, 3.63) is 241 Å². The summed E-state index contributed by atoms with van der Waals surface area (Å²) >= 11 is 1.83. The Morgan fingerprint density at radius 2 is 0.871 bits per heavy atom. The van der Waals surface area contributed by atoms with Crippen molar-refractivity contribution in [2.45, 2.75) is 6.92 Å². The van der Waals surface area contributed by atoms with Crippen LogP contribution < -0.4 is 0 Å². The molecule has 1 heterocycles. The van der Waals surface area contributed by atoms with E-state index in [2.05, 4.69) is 176 Å². The highest BCUT2D eigenvalue weighted by atomic mass is 32.1. The molecule has 1 aromatic heterocycles. The molecule has 0 fully saturated rings. The lowest BCUT2D eigenvalue weighted by Gasteiger charge is -2.10. The van der Waals surface area contributed by atoms with E-state index < -0.39 is 0 Å². The third kappa shape index (κ3) is 9.32. The first-order chi connectivity index (χ1) is 30.5. The lowest BCUT2D eigenvalue weighted by atomic mass is 9.94. The number of hydrogen-bond acceptors (Lipinski definition) is 3. The number of aliphatic imine (C=N–C) groups is 1. The fraction of sp³-hybridized carbons (Fsp3) is 0.0172. The smallest absolute Gasteiger partial charge is 0.151 e. The van der Waals surface area contributed by atoms with Crippen LogP contribution in [0.5, 0.6) is 0 Å². The Hall–Kier alpha value is -7.79. The number of nitrogens with one attached hydrogen (secondary N) is 2. The van der Waals surface area contributed by atoms with Crippen LogP contribution in [0, 0.1) is 17.7 Å². The molecule has 62 heavy (non-hydrogen) atoms. The molecule has 0 atom stereocenters. The minimum atomic E-state index is 0.190. The zero-order valence-electron chi connectivity index (χ0n) is 34.5. The SMILES string of the molecule is C=NC(=N)c1cc(-c2ccccc2)cc(-c2ccccc2)c1.Cc1ccccc1.N=Cc1ccc(-c2ccccc2)c2sc3c(-c4ccccc4)cc(-c4ccccc4)cc3c12. The van der Waals surface area contributed by atoms with Gasteiger partial charge in [0.05, 0.1) is 0 Å².